The Kier molecular flexibility index (Phi) is 4.95. The Bertz CT molecular complexity index is 1100. The molecule has 2 aromatic carbocycles. The van der Waals surface area contributed by atoms with Crippen molar-refractivity contribution in [2.75, 3.05) is 18.2 Å². The van der Waals surface area contributed by atoms with Crippen molar-refractivity contribution in [2.45, 2.75) is 0 Å². The monoisotopic (exact) mass is 377 g/mol. The standard InChI is InChI=1S/C19H15N5O4/c1-28-19(25)18-17(21)12(10-20)11-23(18)14-7-8-15(16(9-14)24(26)27)22-13-5-3-2-4-6-13/h2-9,11,22H,21H2,1H3. The largest absolute Gasteiger partial charge is 0.464 e. The molecule has 0 radical (unpaired) electrons. The van der Waals surface area contributed by atoms with Crippen molar-refractivity contribution in [3.63, 3.8) is 0 Å². The lowest BCUT2D eigenvalue weighted by atomic mass is 10.2. The van der Waals surface area contributed by atoms with Crippen LogP contribution in [0.3, 0.4) is 0 Å². The molecule has 1 heterocycles. The molecule has 0 saturated carbocycles. The zero-order valence-electron chi connectivity index (χ0n) is 14.7. The van der Waals surface area contributed by atoms with E-state index in [4.69, 9.17) is 10.5 Å². The molecule has 3 N–H and O–H groups in total. The van der Waals surface area contributed by atoms with E-state index in [2.05, 4.69) is 5.32 Å². The predicted molar refractivity (Wildman–Crippen MR) is 103 cm³/mol. The second-order valence-corrected chi connectivity index (χ2v) is 5.73. The number of hydrogen-bond donors (Lipinski definition) is 2. The second kappa shape index (κ2) is 7.51. The number of hydrogen-bond acceptors (Lipinski definition) is 7. The second-order valence-electron chi connectivity index (χ2n) is 5.73. The van der Waals surface area contributed by atoms with Gasteiger partial charge in [0.1, 0.15) is 11.8 Å². The highest BCUT2D eigenvalue weighted by Crippen LogP contribution is 2.32. The number of carbonyl (C=O) groups excluding carboxylic acids is 1. The molecule has 0 amide bonds. The van der Waals surface area contributed by atoms with E-state index in [0.717, 1.165) is 0 Å². The fourth-order valence-corrected chi connectivity index (χ4v) is 2.72. The Hall–Kier alpha value is -4.32. The van der Waals surface area contributed by atoms with Gasteiger partial charge in [-0.25, -0.2) is 4.79 Å². The van der Waals surface area contributed by atoms with Crippen LogP contribution < -0.4 is 11.1 Å². The quantitative estimate of drug-likeness (QED) is 0.395. The average Bonchev–Trinajstić information content (AvgIpc) is 3.04. The number of methoxy groups -OCH3 is 1. The van der Waals surface area contributed by atoms with Gasteiger partial charge in [0.25, 0.3) is 5.69 Å². The molecular formula is C19H15N5O4. The molecule has 3 aromatic rings. The van der Waals surface area contributed by atoms with Crippen molar-refractivity contribution < 1.29 is 14.5 Å². The summed E-state index contributed by atoms with van der Waals surface area (Å²) in [6, 6.07) is 15.3. The number of carbonyl (C=O) groups is 1. The summed E-state index contributed by atoms with van der Waals surface area (Å²) in [6.07, 6.45) is 1.34. The molecule has 0 aliphatic carbocycles. The van der Waals surface area contributed by atoms with E-state index >= 15 is 0 Å². The number of nitriles is 1. The van der Waals surface area contributed by atoms with Crippen LogP contribution in [-0.2, 0) is 4.74 Å². The highest BCUT2D eigenvalue weighted by atomic mass is 16.6. The summed E-state index contributed by atoms with van der Waals surface area (Å²) in [5.74, 6) is -0.756. The first-order chi connectivity index (χ1) is 13.5. The third-order valence-corrected chi connectivity index (χ3v) is 4.05. The molecule has 9 nitrogen and oxygen atoms in total. The first kappa shape index (κ1) is 18.5. The minimum absolute atomic E-state index is 0.0523. The fraction of sp³-hybridized carbons (Fsp3) is 0.0526. The molecule has 0 bridgehead atoms. The molecule has 0 spiro atoms. The van der Waals surface area contributed by atoms with Crippen LogP contribution in [-0.4, -0.2) is 22.6 Å². The number of aromatic nitrogens is 1. The molecule has 0 unspecified atom stereocenters. The number of anilines is 3. The number of nitrogens with one attached hydrogen (secondary N) is 1. The topological polar surface area (TPSA) is 136 Å². The Morgan fingerprint density at radius 3 is 2.61 bits per heavy atom. The summed E-state index contributed by atoms with van der Waals surface area (Å²) in [5.41, 5.74) is 6.86. The lowest BCUT2D eigenvalue weighted by Gasteiger charge is -2.11. The van der Waals surface area contributed by atoms with Crippen molar-refractivity contribution in [3.8, 4) is 11.8 Å². The number of benzene rings is 2. The van der Waals surface area contributed by atoms with Gasteiger partial charge in [-0.2, -0.15) is 5.26 Å². The summed E-state index contributed by atoms with van der Waals surface area (Å²) in [6.45, 7) is 0. The van der Waals surface area contributed by atoms with Crippen LogP contribution in [0.5, 0.6) is 0 Å². The molecule has 0 saturated heterocycles. The third kappa shape index (κ3) is 3.34. The van der Waals surface area contributed by atoms with Gasteiger partial charge in [-0.1, -0.05) is 18.2 Å². The molecule has 0 aliphatic rings. The van der Waals surface area contributed by atoms with Gasteiger partial charge in [-0.3, -0.25) is 10.1 Å². The smallest absolute Gasteiger partial charge is 0.357 e. The summed E-state index contributed by atoms with van der Waals surface area (Å²) in [4.78, 5) is 23.2. The predicted octanol–water partition coefficient (Wildman–Crippen LogP) is 3.37. The van der Waals surface area contributed by atoms with Crippen LogP contribution in [0, 0.1) is 21.4 Å². The number of nitro groups is 1. The van der Waals surface area contributed by atoms with Crippen molar-refractivity contribution >= 4 is 28.7 Å². The molecule has 28 heavy (non-hydrogen) atoms. The summed E-state index contributed by atoms with van der Waals surface area (Å²) in [5, 5.41) is 23.8. The number of nitrogens with two attached hydrogens (primary N) is 1. The molecule has 9 heteroatoms. The Labute approximate surface area is 159 Å². The van der Waals surface area contributed by atoms with Gasteiger partial charge in [0.05, 0.1) is 29.0 Å². The van der Waals surface area contributed by atoms with Crippen LogP contribution in [0.1, 0.15) is 16.1 Å². The Balaban J connectivity index is 2.12. The van der Waals surface area contributed by atoms with Crippen LogP contribution in [0.4, 0.5) is 22.7 Å². The van der Waals surface area contributed by atoms with Gasteiger partial charge in [-0.15, -0.1) is 0 Å². The van der Waals surface area contributed by atoms with E-state index in [0.29, 0.717) is 11.4 Å². The van der Waals surface area contributed by atoms with Gasteiger partial charge < -0.3 is 20.4 Å². The van der Waals surface area contributed by atoms with Gasteiger partial charge >= 0.3 is 5.97 Å². The number of para-hydroxylation sites is 1. The Morgan fingerprint density at radius 2 is 2.00 bits per heavy atom. The normalized spacial score (nSPS) is 10.1. The van der Waals surface area contributed by atoms with Crippen LogP contribution in [0.25, 0.3) is 5.69 Å². The summed E-state index contributed by atoms with van der Waals surface area (Å²) < 4.78 is 6.03. The number of ether oxygens (including phenoxy) is 1. The number of nitrogen functional groups attached to an aromatic ring is 1. The van der Waals surface area contributed by atoms with Gasteiger partial charge in [0.2, 0.25) is 0 Å². The zero-order valence-corrected chi connectivity index (χ0v) is 14.7. The summed E-state index contributed by atoms with van der Waals surface area (Å²) >= 11 is 0. The van der Waals surface area contributed by atoms with Gasteiger partial charge in [0.15, 0.2) is 5.69 Å². The van der Waals surface area contributed by atoms with Crippen molar-refractivity contribution in [1.82, 2.24) is 4.57 Å². The fourth-order valence-electron chi connectivity index (χ4n) is 2.72. The van der Waals surface area contributed by atoms with E-state index in [9.17, 15) is 20.2 Å². The van der Waals surface area contributed by atoms with Crippen molar-refractivity contribution in [3.05, 3.63) is 76.1 Å². The minimum Gasteiger partial charge on any atom is -0.464 e. The average molecular weight is 377 g/mol. The molecule has 0 aliphatic heterocycles. The van der Waals surface area contributed by atoms with Crippen molar-refractivity contribution in [1.29, 1.82) is 5.26 Å². The Morgan fingerprint density at radius 1 is 1.29 bits per heavy atom. The molecule has 1 aromatic heterocycles. The number of rotatable bonds is 5. The maximum absolute atomic E-state index is 12.1. The highest BCUT2D eigenvalue weighted by molar-refractivity contribution is 5.96. The van der Waals surface area contributed by atoms with E-state index in [1.165, 1.54) is 30.0 Å². The van der Waals surface area contributed by atoms with Crippen LogP contribution in [0.15, 0.2) is 54.7 Å². The first-order valence-electron chi connectivity index (χ1n) is 8.06. The molecule has 0 fully saturated rings. The summed E-state index contributed by atoms with van der Waals surface area (Å²) in [7, 11) is 1.18. The highest BCUT2D eigenvalue weighted by Gasteiger charge is 2.23. The molecular weight excluding hydrogens is 362 g/mol. The maximum atomic E-state index is 12.1. The van der Waals surface area contributed by atoms with Crippen molar-refractivity contribution in [2.24, 2.45) is 0 Å². The van der Waals surface area contributed by atoms with Gasteiger partial charge in [0, 0.05) is 18.0 Å². The zero-order chi connectivity index (χ0) is 20.3. The minimum atomic E-state index is -0.756. The number of nitrogens with zero attached hydrogens (tertiary/aromatic N) is 3. The van der Waals surface area contributed by atoms with Gasteiger partial charge in [-0.05, 0) is 24.3 Å². The van der Waals surface area contributed by atoms with E-state index in [1.807, 2.05) is 12.1 Å². The maximum Gasteiger partial charge on any atom is 0.357 e. The van der Waals surface area contributed by atoms with E-state index < -0.39 is 10.9 Å². The lowest BCUT2D eigenvalue weighted by molar-refractivity contribution is -0.383. The van der Waals surface area contributed by atoms with Crippen LogP contribution >= 0.6 is 0 Å². The van der Waals surface area contributed by atoms with E-state index in [1.54, 1.807) is 30.3 Å². The van der Waals surface area contributed by atoms with Crippen LogP contribution in [0.2, 0.25) is 0 Å². The SMILES string of the molecule is COC(=O)c1c(N)c(C#N)cn1-c1ccc(Nc2ccccc2)c([N+](=O)[O-])c1. The number of nitro benzene ring substituents is 1. The first-order valence-corrected chi connectivity index (χ1v) is 8.06. The molecule has 3 rings (SSSR count). The third-order valence-electron chi connectivity index (χ3n) is 4.05. The number of esters is 1. The molecule has 140 valence electrons. The lowest BCUT2D eigenvalue weighted by Crippen LogP contribution is -2.11. The van der Waals surface area contributed by atoms with E-state index in [-0.39, 0.29) is 28.3 Å². The molecule has 0 atom stereocenters.